The molecule has 2 aliphatic rings. The molecule has 96 valence electrons. The van der Waals surface area contributed by atoms with E-state index < -0.39 is 0 Å². The first-order valence-electron chi connectivity index (χ1n) is 6.72. The highest BCUT2D eigenvalue weighted by Gasteiger charge is 2.40. The maximum atomic E-state index is 8.80. The lowest BCUT2D eigenvalue weighted by atomic mass is 9.97. The molecule has 18 heavy (non-hydrogen) atoms. The Balaban J connectivity index is 1.73. The van der Waals surface area contributed by atoms with Gasteiger partial charge in [0.15, 0.2) is 0 Å². The van der Waals surface area contributed by atoms with Crippen LogP contribution in [0.15, 0.2) is 29.4 Å². The van der Waals surface area contributed by atoms with E-state index in [1.54, 1.807) is 6.92 Å². The standard InChI is InChI=1S/C15H19NO2/c1-10(16-17)12-3-2-4-14(9-12)18-15-8-11-5-6-13(15)7-11/h2-4,9,11,13,15,17H,5-8H2,1H3/b16-10-. The van der Waals surface area contributed by atoms with Crippen LogP contribution in [0.25, 0.3) is 0 Å². The summed E-state index contributed by atoms with van der Waals surface area (Å²) in [5, 5.41) is 12.0. The molecular weight excluding hydrogens is 226 g/mol. The highest BCUT2D eigenvalue weighted by Crippen LogP contribution is 2.45. The second kappa shape index (κ2) is 4.63. The fourth-order valence-corrected chi connectivity index (χ4v) is 3.36. The number of ether oxygens (including phenoxy) is 1. The van der Waals surface area contributed by atoms with Gasteiger partial charge < -0.3 is 9.94 Å². The molecule has 2 aliphatic carbocycles. The molecule has 3 nitrogen and oxygen atoms in total. The smallest absolute Gasteiger partial charge is 0.120 e. The minimum atomic E-state index is 0.394. The van der Waals surface area contributed by atoms with Crippen molar-refractivity contribution in [2.45, 2.75) is 38.7 Å². The lowest BCUT2D eigenvalue weighted by Crippen LogP contribution is -2.23. The molecule has 2 saturated carbocycles. The van der Waals surface area contributed by atoms with Crippen molar-refractivity contribution in [2.75, 3.05) is 0 Å². The number of nitrogens with zero attached hydrogens (tertiary/aromatic N) is 1. The molecule has 3 rings (SSSR count). The Bertz CT molecular complexity index is 469. The average molecular weight is 245 g/mol. The first kappa shape index (κ1) is 11.6. The minimum absolute atomic E-state index is 0.394. The minimum Gasteiger partial charge on any atom is -0.490 e. The third-order valence-corrected chi connectivity index (χ3v) is 4.36. The van der Waals surface area contributed by atoms with E-state index in [0.29, 0.717) is 11.8 Å². The van der Waals surface area contributed by atoms with Crippen LogP contribution in [0, 0.1) is 11.8 Å². The van der Waals surface area contributed by atoms with E-state index in [1.165, 1.54) is 25.7 Å². The van der Waals surface area contributed by atoms with Gasteiger partial charge in [-0.05, 0) is 56.6 Å². The second-order valence-corrected chi connectivity index (χ2v) is 5.54. The topological polar surface area (TPSA) is 41.8 Å². The van der Waals surface area contributed by atoms with Crippen LogP contribution in [0.4, 0.5) is 0 Å². The summed E-state index contributed by atoms with van der Waals surface area (Å²) in [6, 6.07) is 7.83. The summed E-state index contributed by atoms with van der Waals surface area (Å²) in [6.45, 7) is 1.79. The van der Waals surface area contributed by atoms with Crippen LogP contribution < -0.4 is 4.74 Å². The summed E-state index contributed by atoms with van der Waals surface area (Å²) < 4.78 is 6.11. The Morgan fingerprint density at radius 2 is 2.22 bits per heavy atom. The van der Waals surface area contributed by atoms with Crippen molar-refractivity contribution in [3.05, 3.63) is 29.8 Å². The van der Waals surface area contributed by atoms with Gasteiger partial charge in [-0.25, -0.2) is 0 Å². The van der Waals surface area contributed by atoms with Crippen molar-refractivity contribution in [1.29, 1.82) is 0 Å². The second-order valence-electron chi connectivity index (χ2n) is 5.54. The molecule has 0 amide bonds. The van der Waals surface area contributed by atoms with Gasteiger partial charge in [-0.2, -0.15) is 0 Å². The van der Waals surface area contributed by atoms with Gasteiger partial charge in [-0.1, -0.05) is 17.3 Å². The summed E-state index contributed by atoms with van der Waals surface area (Å²) >= 11 is 0. The predicted octanol–water partition coefficient (Wildman–Crippen LogP) is 3.45. The average Bonchev–Trinajstić information content (AvgIpc) is 3.00. The molecule has 0 spiro atoms. The molecule has 3 heteroatoms. The van der Waals surface area contributed by atoms with Crippen molar-refractivity contribution < 1.29 is 9.94 Å². The molecule has 1 aromatic rings. The van der Waals surface area contributed by atoms with Gasteiger partial charge in [0.1, 0.15) is 11.9 Å². The van der Waals surface area contributed by atoms with Crippen LogP contribution >= 0.6 is 0 Å². The van der Waals surface area contributed by atoms with Gasteiger partial charge in [-0.15, -0.1) is 0 Å². The fraction of sp³-hybridized carbons (Fsp3) is 0.533. The van der Waals surface area contributed by atoms with Crippen LogP contribution in [0.1, 0.15) is 38.2 Å². The van der Waals surface area contributed by atoms with E-state index in [0.717, 1.165) is 23.1 Å². The molecular formula is C15H19NO2. The summed E-state index contributed by atoms with van der Waals surface area (Å²) in [5.41, 5.74) is 1.53. The lowest BCUT2D eigenvalue weighted by molar-refractivity contribution is 0.138. The van der Waals surface area contributed by atoms with Crippen molar-refractivity contribution in [2.24, 2.45) is 17.0 Å². The highest BCUT2D eigenvalue weighted by atomic mass is 16.5. The zero-order valence-electron chi connectivity index (χ0n) is 10.7. The molecule has 1 aromatic carbocycles. The van der Waals surface area contributed by atoms with Crippen LogP contribution in [0.5, 0.6) is 5.75 Å². The van der Waals surface area contributed by atoms with Crippen LogP contribution in [-0.2, 0) is 0 Å². The van der Waals surface area contributed by atoms with E-state index in [4.69, 9.17) is 9.94 Å². The Hall–Kier alpha value is -1.51. The van der Waals surface area contributed by atoms with Crippen LogP contribution in [-0.4, -0.2) is 17.0 Å². The van der Waals surface area contributed by atoms with Crippen molar-refractivity contribution >= 4 is 5.71 Å². The van der Waals surface area contributed by atoms with E-state index in [2.05, 4.69) is 5.16 Å². The SMILES string of the molecule is C/C(=N/O)c1cccc(OC2CC3CCC2C3)c1. The van der Waals surface area contributed by atoms with Gasteiger partial charge in [0.05, 0.1) is 5.71 Å². The number of hydrogen-bond donors (Lipinski definition) is 1. The van der Waals surface area contributed by atoms with E-state index >= 15 is 0 Å². The maximum Gasteiger partial charge on any atom is 0.120 e. The van der Waals surface area contributed by atoms with Gasteiger partial charge >= 0.3 is 0 Å². The molecule has 3 atom stereocenters. The Morgan fingerprint density at radius 3 is 2.89 bits per heavy atom. The first-order chi connectivity index (χ1) is 8.76. The third kappa shape index (κ3) is 2.09. The van der Waals surface area contributed by atoms with Gasteiger partial charge in [-0.3, -0.25) is 0 Å². The zero-order valence-corrected chi connectivity index (χ0v) is 10.7. The summed E-state index contributed by atoms with van der Waals surface area (Å²) in [7, 11) is 0. The van der Waals surface area contributed by atoms with Gasteiger partial charge in [0.2, 0.25) is 0 Å². The first-order valence-corrected chi connectivity index (χ1v) is 6.72. The number of hydrogen-bond acceptors (Lipinski definition) is 3. The van der Waals surface area contributed by atoms with Crippen molar-refractivity contribution in [3.63, 3.8) is 0 Å². The highest BCUT2D eigenvalue weighted by molar-refractivity contribution is 5.98. The molecule has 1 N–H and O–H groups in total. The normalized spacial score (nSPS) is 30.7. The van der Waals surface area contributed by atoms with E-state index in [1.807, 2.05) is 24.3 Å². The molecule has 0 aliphatic heterocycles. The molecule has 3 unspecified atom stereocenters. The quantitative estimate of drug-likeness (QED) is 0.503. The monoisotopic (exact) mass is 245 g/mol. The predicted molar refractivity (Wildman–Crippen MR) is 70.3 cm³/mol. The van der Waals surface area contributed by atoms with Crippen LogP contribution in [0.2, 0.25) is 0 Å². The molecule has 2 bridgehead atoms. The lowest BCUT2D eigenvalue weighted by Gasteiger charge is -2.23. The summed E-state index contributed by atoms with van der Waals surface area (Å²) in [5.74, 6) is 2.54. The fourth-order valence-electron chi connectivity index (χ4n) is 3.36. The third-order valence-electron chi connectivity index (χ3n) is 4.36. The molecule has 0 radical (unpaired) electrons. The number of benzene rings is 1. The molecule has 0 aromatic heterocycles. The zero-order chi connectivity index (χ0) is 12.5. The van der Waals surface area contributed by atoms with Crippen molar-refractivity contribution in [1.82, 2.24) is 0 Å². The van der Waals surface area contributed by atoms with E-state index in [-0.39, 0.29) is 0 Å². The summed E-state index contributed by atoms with van der Waals surface area (Å²) in [4.78, 5) is 0. The molecule has 0 heterocycles. The molecule has 0 saturated heterocycles. The number of rotatable bonds is 3. The maximum absolute atomic E-state index is 8.80. The van der Waals surface area contributed by atoms with Gasteiger partial charge in [0.25, 0.3) is 0 Å². The Morgan fingerprint density at radius 1 is 1.33 bits per heavy atom. The molecule has 2 fully saturated rings. The van der Waals surface area contributed by atoms with Crippen molar-refractivity contribution in [3.8, 4) is 5.75 Å². The van der Waals surface area contributed by atoms with E-state index in [9.17, 15) is 0 Å². The largest absolute Gasteiger partial charge is 0.490 e. The number of oxime groups is 1. The Kier molecular flexibility index (Phi) is 2.98. The van der Waals surface area contributed by atoms with Gasteiger partial charge in [0, 0.05) is 5.56 Å². The van der Waals surface area contributed by atoms with Crippen LogP contribution in [0.3, 0.4) is 0 Å². The number of fused-ring (bicyclic) bond motifs is 2. The summed E-state index contributed by atoms with van der Waals surface area (Å²) in [6.07, 6.45) is 5.67. The Labute approximate surface area is 107 Å².